The van der Waals surface area contributed by atoms with Crippen LogP contribution in [-0.4, -0.2) is 20.7 Å². The quantitative estimate of drug-likeness (QED) is 0.478. The van der Waals surface area contributed by atoms with Crippen LogP contribution in [0.5, 0.6) is 0 Å². The number of amides is 1. The zero-order valence-corrected chi connectivity index (χ0v) is 17.5. The molecule has 0 saturated heterocycles. The van der Waals surface area contributed by atoms with Gasteiger partial charge >= 0.3 is 6.18 Å². The van der Waals surface area contributed by atoms with Gasteiger partial charge in [-0.1, -0.05) is 36.4 Å². The van der Waals surface area contributed by atoms with Crippen LogP contribution in [0.15, 0.2) is 66.7 Å². The number of anilines is 1. The zero-order chi connectivity index (χ0) is 22.9. The summed E-state index contributed by atoms with van der Waals surface area (Å²) in [6.07, 6.45) is -3.25. The highest BCUT2D eigenvalue weighted by Gasteiger charge is 2.30. The minimum atomic E-state index is -4.43. The number of alkyl halides is 3. The third kappa shape index (κ3) is 4.90. The first-order valence-corrected chi connectivity index (χ1v) is 10.9. The van der Waals surface area contributed by atoms with Crippen LogP contribution in [0.4, 0.5) is 18.9 Å². The van der Waals surface area contributed by atoms with E-state index in [1.54, 1.807) is 30.3 Å². The van der Waals surface area contributed by atoms with E-state index in [4.69, 9.17) is 4.55 Å². The highest BCUT2D eigenvalue weighted by atomic mass is 32.2. The Labute approximate surface area is 185 Å². The maximum Gasteiger partial charge on any atom is 0.416 e. The van der Waals surface area contributed by atoms with E-state index in [-0.39, 0.29) is 11.9 Å². The maximum absolute atomic E-state index is 13.0. The lowest BCUT2D eigenvalue weighted by Crippen LogP contribution is -2.30. The van der Waals surface area contributed by atoms with Crippen molar-refractivity contribution in [2.45, 2.75) is 25.1 Å². The predicted octanol–water partition coefficient (Wildman–Crippen LogP) is 4.82. The molecule has 0 aliphatic heterocycles. The molecule has 2 atom stereocenters. The minimum Gasteiger partial charge on any atom is -0.322 e. The second kappa shape index (κ2) is 8.85. The van der Waals surface area contributed by atoms with E-state index in [1.165, 1.54) is 12.1 Å². The molecule has 1 aliphatic rings. The normalized spacial score (nSPS) is 16.4. The first-order valence-electron chi connectivity index (χ1n) is 9.77. The summed E-state index contributed by atoms with van der Waals surface area (Å²) >= 11 is -2.09. The van der Waals surface area contributed by atoms with E-state index in [2.05, 4.69) is 10.0 Å². The number of nitrogens with one attached hydrogen (secondary N) is 2. The monoisotopic (exact) mass is 460 g/mol. The first-order chi connectivity index (χ1) is 15.2. The molecule has 0 spiro atoms. The molecule has 32 heavy (non-hydrogen) atoms. The predicted molar refractivity (Wildman–Crippen MR) is 116 cm³/mol. The van der Waals surface area contributed by atoms with Gasteiger partial charge in [0.1, 0.15) is 0 Å². The van der Waals surface area contributed by atoms with E-state index in [9.17, 15) is 22.2 Å². The lowest BCUT2D eigenvalue weighted by atomic mass is 9.98. The van der Waals surface area contributed by atoms with E-state index in [0.717, 1.165) is 23.3 Å². The van der Waals surface area contributed by atoms with E-state index in [0.29, 0.717) is 35.2 Å². The Kier molecular flexibility index (Phi) is 6.14. The molecule has 0 fully saturated rings. The summed E-state index contributed by atoms with van der Waals surface area (Å²) in [5.74, 6) is -0.385. The fraction of sp³-hybridized carbons (Fsp3) is 0.174. The molecule has 4 rings (SSSR count). The van der Waals surface area contributed by atoms with Crippen molar-refractivity contribution in [2.75, 3.05) is 5.32 Å². The van der Waals surface area contributed by atoms with Gasteiger partial charge in [0.2, 0.25) is 11.3 Å². The minimum absolute atomic E-state index is 0.151. The Bertz CT molecular complexity index is 1180. The topological polar surface area (TPSA) is 78.4 Å². The van der Waals surface area contributed by atoms with Gasteiger partial charge in [-0.3, -0.25) is 9.35 Å². The van der Waals surface area contributed by atoms with E-state index < -0.39 is 23.0 Å². The van der Waals surface area contributed by atoms with Gasteiger partial charge in [0.05, 0.1) is 5.56 Å². The van der Waals surface area contributed by atoms with Crippen LogP contribution in [0.25, 0.3) is 11.1 Å². The number of carbonyl (C=O) groups excluding carboxylic acids is 1. The summed E-state index contributed by atoms with van der Waals surface area (Å²) in [7, 11) is 0. The van der Waals surface area contributed by atoms with Crippen LogP contribution < -0.4 is 10.0 Å². The van der Waals surface area contributed by atoms with Crippen molar-refractivity contribution in [2.24, 2.45) is 0 Å². The van der Waals surface area contributed by atoms with Gasteiger partial charge in [0.15, 0.2) is 0 Å². The lowest BCUT2D eigenvalue weighted by molar-refractivity contribution is -0.137. The van der Waals surface area contributed by atoms with E-state index in [1.807, 2.05) is 12.1 Å². The average molecular weight is 460 g/mol. The maximum atomic E-state index is 13.0. The summed E-state index contributed by atoms with van der Waals surface area (Å²) in [6.45, 7) is 0. The summed E-state index contributed by atoms with van der Waals surface area (Å²) in [5.41, 5.74) is 3.19. The Balaban J connectivity index is 1.54. The largest absolute Gasteiger partial charge is 0.416 e. The van der Waals surface area contributed by atoms with Gasteiger partial charge in [0.25, 0.3) is 5.91 Å². The van der Waals surface area contributed by atoms with Crippen LogP contribution in [0.3, 0.4) is 0 Å². The van der Waals surface area contributed by atoms with Gasteiger partial charge < -0.3 is 5.32 Å². The summed E-state index contributed by atoms with van der Waals surface area (Å²) < 4.78 is 61.1. The van der Waals surface area contributed by atoms with Crippen molar-refractivity contribution >= 4 is 22.9 Å². The van der Waals surface area contributed by atoms with Crippen molar-refractivity contribution in [3.63, 3.8) is 0 Å². The third-order valence-electron chi connectivity index (χ3n) is 5.36. The SMILES string of the molecule is O=C(Nc1ccc2c(c1)CC(NS(=O)O)C2)c1ccccc1-c1ccc(C(F)(F)F)cc1. The molecule has 2 unspecified atom stereocenters. The molecule has 1 aliphatic carbocycles. The number of fused-ring (bicyclic) bond motifs is 1. The van der Waals surface area contributed by atoms with Crippen molar-refractivity contribution < 1.29 is 26.7 Å². The fourth-order valence-electron chi connectivity index (χ4n) is 3.89. The average Bonchev–Trinajstić information content (AvgIpc) is 3.14. The summed E-state index contributed by atoms with van der Waals surface area (Å²) in [5, 5.41) is 2.84. The standard InChI is InChI=1S/C23H19F3N2O3S/c24-23(25,26)17-8-5-14(6-9-17)20-3-1-2-4-21(20)22(29)27-18-10-7-15-11-19(28-32(30)31)13-16(15)12-18/h1-10,12,19,28H,11,13H2,(H,27,29)(H,30,31). The van der Waals surface area contributed by atoms with Crippen molar-refractivity contribution in [3.05, 3.63) is 89.0 Å². The Morgan fingerprint density at radius 1 is 0.969 bits per heavy atom. The summed E-state index contributed by atoms with van der Waals surface area (Å²) in [6, 6.07) is 16.7. The fourth-order valence-corrected chi connectivity index (χ4v) is 4.34. The van der Waals surface area contributed by atoms with Gasteiger partial charge in [-0.05, 0) is 65.4 Å². The number of rotatable bonds is 5. The van der Waals surface area contributed by atoms with Gasteiger partial charge in [-0.15, -0.1) is 0 Å². The number of hydrogen-bond donors (Lipinski definition) is 3. The van der Waals surface area contributed by atoms with Crippen LogP contribution >= 0.6 is 0 Å². The number of hydrogen-bond acceptors (Lipinski definition) is 2. The smallest absolute Gasteiger partial charge is 0.322 e. The molecule has 1 amide bonds. The van der Waals surface area contributed by atoms with Crippen LogP contribution in [-0.2, 0) is 30.3 Å². The van der Waals surface area contributed by atoms with Crippen LogP contribution in [0.2, 0.25) is 0 Å². The molecule has 166 valence electrons. The molecule has 5 nitrogen and oxygen atoms in total. The van der Waals surface area contributed by atoms with E-state index >= 15 is 0 Å². The molecule has 3 N–H and O–H groups in total. The lowest BCUT2D eigenvalue weighted by Gasteiger charge is -2.12. The molecule has 0 aromatic heterocycles. The molecule has 0 heterocycles. The second-order valence-electron chi connectivity index (χ2n) is 7.53. The molecule has 0 radical (unpaired) electrons. The Morgan fingerprint density at radius 3 is 2.34 bits per heavy atom. The molecule has 0 bridgehead atoms. The van der Waals surface area contributed by atoms with Crippen molar-refractivity contribution in [1.82, 2.24) is 4.72 Å². The third-order valence-corrected chi connectivity index (χ3v) is 5.89. The van der Waals surface area contributed by atoms with Gasteiger partial charge in [-0.2, -0.15) is 13.2 Å². The molecular weight excluding hydrogens is 441 g/mol. The number of halogens is 3. The zero-order valence-electron chi connectivity index (χ0n) is 16.6. The Hall–Kier alpha value is -3.01. The Morgan fingerprint density at radius 2 is 1.66 bits per heavy atom. The molecule has 3 aromatic rings. The highest BCUT2D eigenvalue weighted by molar-refractivity contribution is 7.77. The van der Waals surface area contributed by atoms with Gasteiger partial charge in [0, 0.05) is 17.3 Å². The van der Waals surface area contributed by atoms with Gasteiger partial charge in [-0.25, -0.2) is 8.93 Å². The van der Waals surface area contributed by atoms with Crippen molar-refractivity contribution in [1.29, 1.82) is 0 Å². The molecule has 0 saturated carbocycles. The number of carbonyl (C=O) groups is 1. The second-order valence-corrected chi connectivity index (χ2v) is 8.26. The van der Waals surface area contributed by atoms with Crippen LogP contribution in [0, 0.1) is 0 Å². The number of benzene rings is 3. The molecular formula is C23H19F3N2O3S. The highest BCUT2D eigenvalue weighted by Crippen LogP contribution is 2.32. The van der Waals surface area contributed by atoms with Crippen LogP contribution in [0.1, 0.15) is 27.0 Å². The first kappa shape index (κ1) is 22.2. The molecule has 9 heteroatoms. The summed E-state index contributed by atoms with van der Waals surface area (Å²) in [4.78, 5) is 13.0. The van der Waals surface area contributed by atoms with Crippen molar-refractivity contribution in [3.8, 4) is 11.1 Å². The molecule has 3 aromatic carbocycles.